The first kappa shape index (κ1) is 25.9. The summed E-state index contributed by atoms with van der Waals surface area (Å²) in [6.07, 6.45) is 3.73. The number of nitrogens with zero attached hydrogens (tertiary/aromatic N) is 3. The Bertz CT molecular complexity index is 1260. The Morgan fingerprint density at radius 2 is 1.81 bits per heavy atom. The summed E-state index contributed by atoms with van der Waals surface area (Å²) in [5.74, 6) is 0.584. The summed E-state index contributed by atoms with van der Waals surface area (Å²) in [4.78, 5) is 15.0. The highest BCUT2D eigenvalue weighted by atomic mass is 32.2. The maximum absolute atomic E-state index is 12.8. The van der Waals surface area contributed by atoms with Crippen LogP contribution in [-0.4, -0.2) is 73.3 Å². The lowest BCUT2D eigenvalue weighted by atomic mass is 10.0. The van der Waals surface area contributed by atoms with E-state index in [2.05, 4.69) is 20.4 Å². The van der Waals surface area contributed by atoms with Gasteiger partial charge in [0.25, 0.3) is 0 Å². The van der Waals surface area contributed by atoms with E-state index in [1.54, 1.807) is 13.3 Å². The van der Waals surface area contributed by atoms with E-state index in [0.29, 0.717) is 39.1 Å². The van der Waals surface area contributed by atoms with Gasteiger partial charge in [-0.05, 0) is 30.7 Å². The molecule has 0 spiro atoms. The van der Waals surface area contributed by atoms with Gasteiger partial charge in [-0.25, -0.2) is 8.42 Å². The summed E-state index contributed by atoms with van der Waals surface area (Å²) in [7, 11) is -1.90. The van der Waals surface area contributed by atoms with E-state index >= 15 is 0 Å². The first-order chi connectivity index (χ1) is 17.4. The molecule has 0 bridgehead atoms. The summed E-state index contributed by atoms with van der Waals surface area (Å²) in [6.45, 7) is 2.70. The molecule has 1 aliphatic rings. The molecular formula is C26H33N5O4S. The number of rotatable bonds is 6. The fourth-order valence-corrected chi connectivity index (χ4v) is 5.81. The molecule has 1 amide bonds. The number of benzene rings is 2. The molecule has 4 rings (SSSR count). The fraction of sp³-hybridized carbons (Fsp3) is 0.385. The summed E-state index contributed by atoms with van der Waals surface area (Å²) in [6, 6.07) is 16.6. The van der Waals surface area contributed by atoms with Gasteiger partial charge in [-0.3, -0.25) is 14.8 Å². The van der Waals surface area contributed by atoms with Crippen molar-refractivity contribution in [3.63, 3.8) is 0 Å². The SMILES string of the molecule is COc1ccccc1-c1[nH]ncc1CN1CCCN(S(C)(=O)=O)C(c2ccccc2)CC(=O)NCC1. The van der Waals surface area contributed by atoms with E-state index in [0.717, 1.165) is 28.1 Å². The minimum absolute atomic E-state index is 0.0801. The minimum atomic E-state index is -3.54. The van der Waals surface area contributed by atoms with Gasteiger partial charge in [-0.15, -0.1) is 0 Å². The van der Waals surface area contributed by atoms with Crippen LogP contribution in [0.4, 0.5) is 0 Å². The van der Waals surface area contributed by atoms with E-state index < -0.39 is 16.1 Å². The zero-order valence-electron chi connectivity index (χ0n) is 20.7. The molecule has 3 aromatic rings. The molecule has 36 heavy (non-hydrogen) atoms. The van der Waals surface area contributed by atoms with Crippen molar-refractivity contribution in [2.45, 2.75) is 25.4 Å². The van der Waals surface area contributed by atoms with Gasteiger partial charge >= 0.3 is 0 Å². The number of sulfonamides is 1. The largest absolute Gasteiger partial charge is 0.496 e. The van der Waals surface area contributed by atoms with E-state index in [4.69, 9.17) is 4.74 Å². The molecule has 1 aromatic heterocycles. The van der Waals surface area contributed by atoms with Crippen molar-refractivity contribution in [1.82, 2.24) is 24.7 Å². The van der Waals surface area contributed by atoms with Crippen molar-refractivity contribution in [1.29, 1.82) is 0 Å². The van der Waals surface area contributed by atoms with Crippen LogP contribution >= 0.6 is 0 Å². The molecule has 9 nitrogen and oxygen atoms in total. The van der Waals surface area contributed by atoms with Gasteiger partial charge < -0.3 is 10.1 Å². The van der Waals surface area contributed by atoms with Crippen molar-refractivity contribution >= 4 is 15.9 Å². The first-order valence-electron chi connectivity index (χ1n) is 12.0. The average Bonchev–Trinajstić information content (AvgIpc) is 3.31. The van der Waals surface area contributed by atoms with Gasteiger partial charge in [-0.2, -0.15) is 9.40 Å². The Morgan fingerprint density at radius 1 is 1.06 bits per heavy atom. The lowest BCUT2D eigenvalue weighted by Gasteiger charge is -2.30. The molecule has 1 atom stereocenters. The summed E-state index contributed by atoms with van der Waals surface area (Å²) in [5, 5.41) is 10.3. The second-order valence-corrected chi connectivity index (χ2v) is 10.9. The van der Waals surface area contributed by atoms with Gasteiger partial charge in [0.05, 0.1) is 31.3 Å². The third kappa shape index (κ3) is 6.31. The molecule has 10 heteroatoms. The predicted octanol–water partition coefficient (Wildman–Crippen LogP) is 2.80. The molecule has 1 aliphatic heterocycles. The number of para-hydroxylation sites is 1. The first-order valence-corrected chi connectivity index (χ1v) is 13.9. The molecule has 1 saturated heterocycles. The van der Waals surface area contributed by atoms with Crippen LogP contribution in [0.25, 0.3) is 11.3 Å². The number of hydrogen-bond donors (Lipinski definition) is 2. The third-order valence-electron chi connectivity index (χ3n) is 6.43. The van der Waals surface area contributed by atoms with Crippen LogP contribution in [0.3, 0.4) is 0 Å². The number of ether oxygens (including phenoxy) is 1. The Balaban J connectivity index is 1.55. The average molecular weight is 512 g/mol. The molecule has 2 N–H and O–H groups in total. The Kier molecular flexibility index (Phi) is 8.40. The molecular weight excluding hydrogens is 478 g/mol. The highest BCUT2D eigenvalue weighted by molar-refractivity contribution is 7.88. The number of aromatic amines is 1. The maximum atomic E-state index is 12.8. The van der Waals surface area contributed by atoms with Gasteiger partial charge in [-0.1, -0.05) is 42.5 Å². The quantitative estimate of drug-likeness (QED) is 0.527. The van der Waals surface area contributed by atoms with E-state index in [1.165, 1.54) is 10.6 Å². The smallest absolute Gasteiger partial charge is 0.222 e. The molecule has 1 fully saturated rings. The van der Waals surface area contributed by atoms with Crippen molar-refractivity contribution in [3.8, 4) is 17.0 Å². The number of methoxy groups -OCH3 is 1. The summed E-state index contributed by atoms with van der Waals surface area (Å²) < 4.78 is 32.6. The highest BCUT2D eigenvalue weighted by Gasteiger charge is 2.30. The zero-order valence-corrected chi connectivity index (χ0v) is 21.5. The second-order valence-electron chi connectivity index (χ2n) is 8.95. The number of nitrogens with one attached hydrogen (secondary N) is 2. The van der Waals surface area contributed by atoms with Crippen molar-refractivity contribution in [3.05, 3.63) is 71.9 Å². The van der Waals surface area contributed by atoms with Crippen LogP contribution in [-0.2, 0) is 21.4 Å². The van der Waals surface area contributed by atoms with Crippen LogP contribution in [0.2, 0.25) is 0 Å². The minimum Gasteiger partial charge on any atom is -0.496 e. The number of carbonyl (C=O) groups is 1. The molecule has 2 heterocycles. The van der Waals surface area contributed by atoms with E-state index in [1.807, 2.05) is 54.6 Å². The monoisotopic (exact) mass is 511 g/mol. The van der Waals surface area contributed by atoms with Crippen molar-refractivity contribution in [2.24, 2.45) is 0 Å². The Hall–Kier alpha value is -3.21. The Morgan fingerprint density at radius 3 is 2.56 bits per heavy atom. The van der Waals surface area contributed by atoms with Crippen LogP contribution in [0.5, 0.6) is 5.75 Å². The number of H-pyrrole nitrogens is 1. The van der Waals surface area contributed by atoms with Crippen LogP contribution in [0.15, 0.2) is 60.8 Å². The van der Waals surface area contributed by atoms with E-state index in [-0.39, 0.29) is 12.3 Å². The van der Waals surface area contributed by atoms with E-state index in [9.17, 15) is 13.2 Å². The van der Waals surface area contributed by atoms with Crippen molar-refractivity contribution in [2.75, 3.05) is 39.5 Å². The lowest BCUT2D eigenvalue weighted by Crippen LogP contribution is -2.38. The topological polar surface area (TPSA) is 108 Å². The third-order valence-corrected chi connectivity index (χ3v) is 7.72. The van der Waals surface area contributed by atoms with Crippen LogP contribution in [0, 0.1) is 0 Å². The fourth-order valence-electron chi connectivity index (χ4n) is 4.69. The van der Waals surface area contributed by atoms with Gasteiger partial charge in [0.1, 0.15) is 5.75 Å². The summed E-state index contributed by atoms with van der Waals surface area (Å²) >= 11 is 0. The van der Waals surface area contributed by atoms with Crippen LogP contribution < -0.4 is 10.1 Å². The van der Waals surface area contributed by atoms with Gasteiger partial charge in [0.2, 0.25) is 15.9 Å². The van der Waals surface area contributed by atoms with Crippen molar-refractivity contribution < 1.29 is 17.9 Å². The number of hydrogen-bond acceptors (Lipinski definition) is 6. The second kappa shape index (κ2) is 11.7. The highest BCUT2D eigenvalue weighted by Crippen LogP contribution is 2.31. The number of aromatic nitrogens is 2. The standard InChI is InChI=1S/C26H33N5O4S/c1-35-24-12-7-6-11-22(24)26-21(18-28-29-26)19-30-14-8-15-31(36(2,33)34)23(17-25(32)27-13-16-30)20-9-4-3-5-10-20/h3-7,9-12,18,23H,8,13-17,19H2,1-2H3,(H,27,32)(H,28,29). The molecule has 0 saturated carbocycles. The lowest BCUT2D eigenvalue weighted by molar-refractivity contribution is -0.122. The normalized spacial score (nSPS) is 18.8. The predicted molar refractivity (Wildman–Crippen MR) is 139 cm³/mol. The molecule has 2 aromatic carbocycles. The van der Waals surface area contributed by atoms with Gasteiger partial charge in [0, 0.05) is 43.7 Å². The maximum Gasteiger partial charge on any atom is 0.222 e. The summed E-state index contributed by atoms with van der Waals surface area (Å²) in [5.41, 5.74) is 3.62. The van der Waals surface area contributed by atoms with Crippen LogP contribution in [0.1, 0.15) is 30.0 Å². The molecule has 0 aliphatic carbocycles. The molecule has 0 radical (unpaired) electrons. The number of amides is 1. The molecule has 192 valence electrons. The van der Waals surface area contributed by atoms with Gasteiger partial charge in [0.15, 0.2) is 0 Å². The molecule has 1 unspecified atom stereocenters. The zero-order chi connectivity index (χ0) is 25.5. The Labute approximate surface area is 212 Å². The number of carbonyl (C=O) groups excluding carboxylic acids is 1.